The number of aryl methyl sites for hydroxylation is 1. The highest BCUT2D eigenvalue weighted by Gasteiger charge is 2.32. The lowest BCUT2D eigenvalue weighted by Gasteiger charge is -2.13. The summed E-state index contributed by atoms with van der Waals surface area (Å²) in [5.41, 5.74) is 2.80. The molecular weight excluding hydrogens is 318 g/mol. The topological polar surface area (TPSA) is 84.8 Å². The molecule has 7 nitrogen and oxygen atoms in total. The monoisotopic (exact) mass is 343 g/mol. The standard InChI is InChI=1S/C18H25N5O2/c1-10-8-14(11(2)23(10)3)18(24)19-9-13-6-7-15(25-13)17-20-16(21-22-17)12-4-5-12/h8,12-13,15H,4-7,9H2,1-3H3,(H,19,24)(H,20,21,22)/t13-,15+/m1/s1. The van der Waals surface area contributed by atoms with Gasteiger partial charge in [0.15, 0.2) is 11.6 Å². The summed E-state index contributed by atoms with van der Waals surface area (Å²) in [4.78, 5) is 17.0. The molecule has 2 fully saturated rings. The van der Waals surface area contributed by atoms with Crippen molar-refractivity contribution < 1.29 is 9.53 Å². The molecule has 25 heavy (non-hydrogen) atoms. The van der Waals surface area contributed by atoms with Gasteiger partial charge < -0.3 is 14.6 Å². The van der Waals surface area contributed by atoms with Crippen molar-refractivity contribution in [2.24, 2.45) is 7.05 Å². The van der Waals surface area contributed by atoms with Gasteiger partial charge in [-0.1, -0.05) is 0 Å². The third kappa shape index (κ3) is 3.20. The number of nitrogens with zero attached hydrogens (tertiary/aromatic N) is 3. The lowest BCUT2D eigenvalue weighted by Crippen LogP contribution is -2.32. The third-order valence-corrected chi connectivity index (χ3v) is 5.39. The largest absolute Gasteiger partial charge is 0.365 e. The van der Waals surface area contributed by atoms with Gasteiger partial charge in [0.05, 0.1) is 11.7 Å². The van der Waals surface area contributed by atoms with Crippen LogP contribution < -0.4 is 5.32 Å². The Bertz CT molecular complexity index is 789. The fourth-order valence-electron chi connectivity index (χ4n) is 3.40. The fraction of sp³-hybridized carbons (Fsp3) is 0.611. The van der Waals surface area contributed by atoms with Crippen LogP contribution in [0.15, 0.2) is 6.07 Å². The Labute approximate surface area is 147 Å². The van der Waals surface area contributed by atoms with E-state index in [-0.39, 0.29) is 18.1 Å². The molecule has 4 rings (SSSR count). The number of amides is 1. The van der Waals surface area contributed by atoms with Crippen molar-refractivity contribution in [3.8, 4) is 0 Å². The van der Waals surface area contributed by atoms with Gasteiger partial charge in [-0.25, -0.2) is 4.98 Å². The number of carbonyl (C=O) groups excluding carboxylic acids is 1. The molecule has 134 valence electrons. The van der Waals surface area contributed by atoms with E-state index < -0.39 is 0 Å². The van der Waals surface area contributed by atoms with E-state index in [1.165, 1.54) is 12.8 Å². The first-order chi connectivity index (χ1) is 12.0. The van der Waals surface area contributed by atoms with Crippen molar-refractivity contribution in [3.63, 3.8) is 0 Å². The number of ether oxygens (including phenoxy) is 1. The molecule has 1 saturated heterocycles. The van der Waals surface area contributed by atoms with E-state index >= 15 is 0 Å². The number of H-pyrrole nitrogens is 1. The van der Waals surface area contributed by atoms with Gasteiger partial charge >= 0.3 is 0 Å². The van der Waals surface area contributed by atoms with Crippen LogP contribution in [0.1, 0.15) is 71.1 Å². The van der Waals surface area contributed by atoms with Crippen LogP contribution in [-0.4, -0.2) is 38.3 Å². The third-order valence-electron chi connectivity index (χ3n) is 5.39. The summed E-state index contributed by atoms with van der Waals surface area (Å²) in [6, 6.07) is 1.93. The Morgan fingerprint density at radius 2 is 2.16 bits per heavy atom. The molecule has 2 aliphatic rings. The first kappa shape index (κ1) is 16.3. The minimum absolute atomic E-state index is 0.0218. The number of aromatic amines is 1. The summed E-state index contributed by atoms with van der Waals surface area (Å²) in [6.07, 6.45) is 4.18. The molecule has 7 heteroatoms. The van der Waals surface area contributed by atoms with Crippen LogP contribution in [-0.2, 0) is 11.8 Å². The van der Waals surface area contributed by atoms with Crippen molar-refractivity contribution >= 4 is 5.91 Å². The summed E-state index contributed by atoms with van der Waals surface area (Å²) >= 11 is 0. The van der Waals surface area contributed by atoms with Gasteiger partial charge in [-0.2, -0.15) is 5.10 Å². The summed E-state index contributed by atoms with van der Waals surface area (Å²) in [5.74, 6) is 2.25. The predicted molar refractivity (Wildman–Crippen MR) is 92.4 cm³/mol. The Morgan fingerprint density at radius 1 is 1.36 bits per heavy atom. The van der Waals surface area contributed by atoms with Gasteiger partial charge in [-0.05, 0) is 45.6 Å². The molecule has 1 aliphatic heterocycles. The smallest absolute Gasteiger partial charge is 0.253 e. The van der Waals surface area contributed by atoms with E-state index in [1.54, 1.807) is 0 Å². The van der Waals surface area contributed by atoms with Gasteiger partial charge in [0.25, 0.3) is 5.91 Å². The van der Waals surface area contributed by atoms with Gasteiger partial charge in [-0.15, -0.1) is 0 Å². The minimum Gasteiger partial charge on any atom is -0.365 e. The quantitative estimate of drug-likeness (QED) is 0.872. The fourth-order valence-corrected chi connectivity index (χ4v) is 3.40. The molecule has 1 amide bonds. The summed E-state index contributed by atoms with van der Waals surface area (Å²) in [7, 11) is 1.97. The molecule has 2 aromatic rings. The Morgan fingerprint density at radius 3 is 2.84 bits per heavy atom. The Hall–Kier alpha value is -2.15. The zero-order chi connectivity index (χ0) is 17.6. The Kier molecular flexibility index (Phi) is 4.11. The second kappa shape index (κ2) is 6.29. The molecule has 3 heterocycles. The number of rotatable bonds is 5. The summed E-state index contributed by atoms with van der Waals surface area (Å²) in [5, 5.41) is 10.3. The molecular formula is C18H25N5O2. The van der Waals surface area contributed by atoms with E-state index in [9.17, 15) is 4.79 Å². The maximum Gasteiger partial charge on any atom is 0.253 e. The average molecular weight is 343 g/mol. The van der Waals surface area contributed by atoms with E-state index in [2.05, 4.69) is 20.5 Å². The van der Waals surface area contributed by atoms with Crippen LogP contribution in [0.2, 0.25) is 0 Å². The van der Waals surface area contributed by atoms with Crippen LogP contribution in [0.4, 0.5) is 0 Å². The zero-order valence-corrected chi connectivity index (χ0v) is 15.0. The van der Waals surface area contributed by atoms with Crippen LogP contribution in [0.5, 0.6) is 0 Å². The first-order valence-corrected chi connectivity index (χ1v) is 9.01. The average Bonchev–Trinajstić information content (AvgIpc) is 3.05. The maximum absolute atomic E-state index is 12.4. The Balaban J connectivity index is 1.31. The lowest BCUT2D eigenvalue weighted by atomic mass is 10.2. The first-order valence-electron chi connectivity index (χ1n) is 9.01. The second-order valence-corrected chi connectivity index (χ2v) is 7.23. The second-order valence-electron chi connectivity index (χ2n) is 7.23. The van der Waals surface area contributed by atoms with Gasteiger partial charge in [0, 0.05) is 30.9 Å². The number of aromatic nitrogens is 4. The van der Waals surface area contributed by atoms with Crippen LogP contribution in [0.3, 0.4) is 0 Å². The van der Waals surface area contributed by atoms with Crippen molar-refractivity contribution in [3.05, 3.63) is 34.7 Å². The molecule has 0 bridgehead atoms. The molecule has 1 saturated carbocycles. The normalized spacial score (nSPS) is 23.2. The maximum atomic E-state index is 12.4. The van der Waals surface area contributed by atoms with Crippen molar-refractivity contribution in [1.29, 1.82) is 0 Å². The molecule has 2 atom stereocenters. The van der Waals surface area contributed by atoms with Crippen molar-refractivity contribution in [2.75, 3.05) is 6.54 Å². The van der Waals surface area contributed by atoms with Crippen LogP contribution >= 0.6 is 0 Å². The molecule has 0 spiro atoms. The van der Waals surface area contributed by atoms with Gasteiger partial charge in [0.2, 0.25) is 0 Å². The number of hydrogen-bond donors (Lipinski definition) is 2. The molecule has 2 N–H and O–H groups in total. The molecule has 0 aromatic carbocycles. The highest BCUT2D eigenvalue weighted by atomic mass is 16.5. The van der Waals surface area contributed by atoms with Crippen molar-refractivity contribution in [2.45, 2.75) is 57.7 Å². The molecule has 0 unspecified atom stereocenters. The van der Waals surface area contributed by atoms with E-state index in [0.29, 0.717) is 12.5 Å². The molecule has 1 aliphatic carbocycles. The highest BCUT2D eigenvalue weighted by Crippen LogP contribution is 2.39. The minimum atomic E-state index is -0.0393. The summed E-state index contributed by atoms with van der Waals surface area (Å²) < 4.78 is 8.08. The predicted octanol–water partition coefficient (Wildman–Crippen LogP) is 2.29. The molecule has 2 aromatic heterocycles. The van der Waals surface area contributed by atoms with E-state index in [0.717, 1.165) is 41.4 Å². The highest BCUT2D eigenvalue weighted by molar-refractivity contribution is 5.95. The number of hydrogen-bond acceptors (Lipinski definition) is 4. The van der Waals surface area contributed by atoms with Gasteiger partial charge in [0.1, 0.15) is 6.10 Å². The zero-order valence-electron chi connectivity index (χ0n) is 15.0. The van der Waals surface area contributed by atoms with Crippen LogP contribution in [0.25, 0.3) is 0 Å². The SMILES string of the molecule is Cc1cc(C(=O)NC[C@H]2CC[C@@H](c3nc(C4CC4)n[nH]3)O2)c(C)n1C. The van der Waals surface area contributed by atoms with Gasteiger partial charge in [-0.3, -0.25) is 9.89 Å². The lowest BCUT2D eigenvalue weighted by molar-refractivity contribution is 0.0392. The number of carbonyl (C=O) groups is 1. The van der Waals surface area contributed by atoms with Crippen LogP contribution in [0, 0.1) is 13.8 Å². The van der Waals surface area contributed by atoms with Crippen molar-refractivity contribution in [1.82, 2.24) is 25.1 Å². The molecule has 0 radical (unpaired) electrons. The van der Waals surface area contributed by atoms with E-state index in [1.807, 2.05) is 31.5 Å². The van der Waals surface area contributed by atoms with E-state index in [4.69, 9.17) is 4.74 Å². The number of nitrogens with one attached hydrogen (secondary N) is 2. The summed E-state index contributed by atoms with van der Waals surface area (Å²) in [6.45, 7) is 4.49.